The summed E-state index contributed by atoms with van der Waals surface area (Å²) in [6, 6.07) is 5.27. The summed E-state index contributed by atoms with van der Waals surface area (Å²) in [6.45, 7) is 0.878. The molecule has 17 heavy (non-hydrogen) atoms. The average Bonchev–Trinajstić information content (AvgIpc) is 2.35. The number of hydrogen-bond acceptors (Lipinski definition) is 4. The summed E-state index contributed by atoms with van der Waals surface area (Å²) in [5, 5.41) is 3.66. The molecule has 0 atom stereocenters. The lowest BCUT2D eigenvalue weighted by Crippen LogP contribution is -2.06. The summed E-state index contributed by atoms with van der Waals surface area (Å²) in [6.07, 6.45) is 3.16. The number of carbonyl (C=O) groups excluding carboxylic acids is 1. The van der Waals surface area contributed by atoms with Crippen molar-refractivity contribution in [2.45, 2.75) is 6.42 Å². The van der Waals surface area contributed by atoms with Crippen LogP contribution in [-0.2, 0) is 4.74 Å². The average molecular weight is 274 g/mol. The molecule has 3 nitrogen and oxygen atoms in total. The Morgan fingerprint density at radius 2 is 2.29 bits per heavy atom. The standard InChI is InChI=1S/C12H16ClNO2S/c1-16-12(15)10-8-9(4-5-11(10)13)14-6-3-7-17-2/h4-5,8,14H,3,6-7H2,1-2H3. The summed E-state index contributed by atoms with van der Waals surface area (Å²) < 4.78 is 4.66. The highest BCUT2D eigenvalue weighted by Gasteiger charge is 2.10. The zero-order valence-electron chi connectivity index (χ0n) is 9.96. The first-order valence-corrected chi connectivity index (χ1v) is 7.07. The lowest BCUT2D eigenvalue weighted by Gasteiger charge is -2.08. The number of nitrogens with one attached hydrogen (secondary N) is 1. The maximum absolute atomic E-state index is 11.4. The summed E-state index contributed by atoms with van der Waals surface area (Å²) in [7, 11) is 1.34. The predicted octanol–water partition coefficient (Wildman–Crippen LogP) is 3.29. The number of halogens is 1. The Bertz CT molecular complexity index is 385. The molecule has 1 aromatic carbocycles. The van der Waals surface area contributed by atoms with Crippen LogP contribution in [0.1, 0.15) is 16.8 Å². The van der Waals surface area contributed by atoms with E-state index >= 15 is 0 Å². The molecule has 0 aliphatic carbocycles. The molecule has 0 fully saturated rings. The van der Waals surface area contributed by atoms with Crippen LogP contribution in [0.25, 0.3) is 0 Å². The molecular weight excluding hydrogens is 258 g/mol. The van der Waals surface area contributed by atoms with E-state index in [0.29, 0.717) is 10.6 Å². The van der Waals surface area contributed by atoms with Gasteiger partial charge in [-0.3, -0.25) is 0 Å². The van der Waals surface area contributed by atoms with Gasteiger partial charge in [-0.2, -0.15) is 11.8 Å². The van der Waals surface area contributed by atoms with Crippen molar-refractivity contribution in [1.82, 2.24) is 0 Å². The van der Waals surface area contributed by atoms with E-state index in [2.05, 4.69) is 16.3 Å². The summed E-state index contributed by atoms with van der Waals surface area (Å²) in [5.41, 5.74) is 1.28. The van der Waals surface area contributed by atoms with Crippen LogP contribution in [0.2, 0.25) is 5.02 Å². The molecule has 1 aromatic rings. The maximum Gasteiger partial charge on any atom is 0.339 e. The normalized spacial score (nSPS) is 10.1. The highest BCUT2D eigenvalue weighted by molar-refractivity contribution is 7.98. The molecule has 0 aromatic heterocycles. The zero-order chi connectivity index (χ0) is 12.7. The number of benzene rings is 1. The van der Waals surface area contributed by atoms with Crippen molar-refractivity contribution in [2.24, 2.45) is 0 Å². The van der Waals surface area contributed by atoms with Gasteiger partial charge in [0.1, 0.15) is 0 Å². The lowest BCUT2D eigenvalue weighted by molar-refractivity contribution is 0.0601. The van der Waals surface area contributed by atoms with Gasteiger partial charge in [-0.05, 0) is 36.6 Å². The topological polar surface area (TPSA) is 38.3 Å². The van der Waals surface area contributed by atoms with Gasteiger partial charge in [0, 0.05) is 12.2 Å². The number of carbonyl (C=O) groups is 1. The fourth-order valence-electron chi connectivity index (χ4n) is 1.35. The van der Waals surface area contributed by atoms with E-state index in [-0.39, 0.29) is 0 Å². The van der Waals surface area contributed by atoms with Crippen molar-refractivity contribution < 1.29 is 9.53 Å². The monoisotopic (exact) mass is 273 g/mol. The first-order valence-electron chi connectivity index (χ1n) is 5.29. The molecule has 0 aliphatic heterocycles. The van der Waals surface area contributed by atoms with E-state index in [0.717, 1.165) is 24.4 Å². The predicted molar refractivity (Wildman–Crippen MR) is 74.3 cm³/mol. The fraction of sp³-hybridized carbons (Fsp3) is 0.417. The number of ether oxygens (including phenoxy) is 1. The van der Waals surface area contributed by atoms with Crippen molar-refractivity contribution >= 4 is 35.0 Å². The van der Waals surface area contributed by atoms with Gasteiger partial charge >= 0.3 is 5.97 Å². The molecule has 0 aliphatic rings. The van der Waals surface area contributed by atoms with Crippen LogP contribution >= 0.6 is 23.4 Å². The Morgan fingerprint density at radius 1 is 1.53 bits per heavy atom. The van der Waals surface area contributed by atoms with Crippen LogP contribution in [0, 0.1) is 0 Å². The SMILES string of the molecule is COC(=O)c1cc(NCCCSC)ccc1Cl. The van der Waals surface area contributed by atoms with Crippen LogP contribution in [0.5, 0.6) is 0 Å². The molecule has 0 radical (unpaired) electrons. The Kier molecular flexibility index (Phi) is 6.22. The minimum Gasteiger partial charge on any atom is -0.465 e. The Labute approximate surface area is 111 Å². The van der Waals surface area contributed by atoms with Gasteiger partial charge in [-0.1, -0.05) is 11.6 Å². The molecule has 0 saturated carbocycles. The summed E-state index contributed by atoms with van der Waals surface area (Å²) in [4.78, 5) is 11.4. The third-order valence-electron chi connectivity index (χ3n) is 2.23. The molecule has 0 unspecified atom stereocenters. The number of hydrogen-bond donors (Lipinski definition) is 1. The van der Waals surface area contributed by atoms with E-state index in [9.17, 15) is 4.79 Å². The number of thioether (sulfide) groups is 1. The molecule has 0 heterocycles. The molecule has 0 amide bonds. The van der Waals surface area contributed by atoms with Crippen molar-refractivity contribution in [3.8, 4) is 0 Å². The molecule has 0 bridgehead atoms. The second-order valence-electron chi connectivity index (χ2n) is 3.46. The first kappa shape index (κ1) is 14.2. The van der Waals surface area contributed by atoms with Crippen LogP contribution in [-0.4, -0.2) is 31.6 Å². The van der Waals surface area contributed by atoms with Crippen LogP contribution in [0.15, 0.2) is 18.2 Å². The highest BCUT2D eigenvalue weighted by atomic mass is 35.5. The molecule has 5 heteroatoms. The second-order valence-corrected chi connectivity index (χ2v) is 4.85. The minimum absolute atomic E-state index is 0.393. The maximum atomic E-state index is 11.4. The molecule has 94 valence electrons. The third kappa shape index (κ3) is 4.48. The van der Waals surface area contributed by atoms with Crippen LogP contribution in [0.3, 0.4) is 0 Å². The van der Waals surface area contributed by atoms with Crippen LogP contribution < -0.4 is 5.32 Å². The van der Waals surface area contributed by atoms with E-state index < -0.39 is 5.97 Å². The quantitative estimate of drug-likeness (QED) is 0.638. The van der Waals surface area contributed by atoms with E-state index in [1.807, 2.05) is 17.8 Å². The fourth-order valence-corrected chi connectivity index (χ4v) is 1.98. The van der Waals surface area contributed by atoms with Gasteiger partial charge in [-0.15, -0.1) is 0 Å². The van der Waals surface area contributed by atoms with E-state index in [4.69, 9.17) is 11.6 Å². The van der Waals surface area contributed by atoms with E-state index in [1.54, 1.807) is 12.1 Å². The van der Waals surface area contributed by atoms with Crippen molar-refractivity contribution in [2.75, 3.05) is 31.0 Å². The van der Waals surface area contributed by atoms with Gasteiger partial charge in [0.2, 0.25) is 0 Å². The van der Waals surface area contributed by atoms with Gasteiger partial charge in [0.15, 0.2) is 0 Å². The largest absolute Gasteiger partial charge is 0.465 e. The highest BCUT2D eigenvalue weighted by Crippen LogP contribution is 2.21. The van der Waals surface area contributed by atoms with Crippen molar-refractivity contribution in [3.63, 3.8) is 0 Å². The second kappa shape index (κ2) is 7.45. The molecule has 1 rings (SSSR count). The first-order chi connectivity index (χ1) is 8.19. The van der Waals surface area contributed by atoms with Gasteiger partial charge < -0.3 is 10.1 Å². The molecule has 1 N–H and O–H groups in total. The molecule has 0 saturated heterocycles. The van der Waals surface area contributed by atoms with Crippen LogP contribution in [0.4, 0.5) is 5.69 Å². The number of esters is 1. The number of anilines is 1. The Morgan fingerprint density at radius 3 is 2.94 bits per heavy atom. The molecular formula is C12H16ClNO2S. The van der Waals surface area contributed by atoms with Gasteiger partial charge in [0.05, 0.1) is 17.7 Å². The lowest BCUT2D eigenvalue weighted by atomic mass is 10.2. The number of methoxy groups -OCH3 is 1. The minimum atomic E-state index is -0.414. The van der Waals surface area contributed by atoms with Crippen molar-refractivity contribution in [3.05, 3.63) is 28.8 Å². The Balaban J connectivity index is 2.65. The van der Waals surface area contributed by atoms with Gasteiger partial charge in [0.25, 0.3) is 0 Å². The van der Waals surface area contributed by atoms with E-state index in [1.165, 1.54) is 7.11 Å². The summed E-state index contributed by atoms with van der Waals surface area (Å²) >= 11 is 7.74. The number of rotatable bonds is 6. The summed E-state index contributed by atoms with van der Waals surface area (Å²) in [5.74, 6) is 0.701. The zero-order valence-corrected chi connectivity index (χ0v) is 11.5. The third-order valence-corrected chi connectivity index (χ3v) is 3.25. The van der Waals surface area contributed by atoms with Crippen molar-refractivity contribution in [1.29, 1.82) is 0 Å². The Hall–Kier alpha value is -0.870. The smallest absolute Gasteiger partial charge is 0.339 e. The van der Waals surface area contributed by atoms with Gasteiger partial charge in [-0.25, -0.2) is 4.79 Å². The molecule has 0 spiro atoms.